The quantitative estimate of drug-likeness (QED) is 0.348. The predicted octanol–water partition coefficient (Wildman–Crippen LogP) is 3.58. The van der Waals surface area contributed by atoms with Gasteiger partial charge >= 0.3 is 0 Å². The van der Waals surface area contributed by atoms with Crippen LogP contribution in [0.3, 0.4) is 0 Å². The van der Waals surface area contributed by atoms with Gasteiger partial charge in [0.1, 0.15) is 5.82 Å². The lowest BCUT2D eigenvalue weighted by atomic mass is 10.2. The fraction of sp³-hybridized carbons (Fsp3) is 0.370. The number of hydrogen-bond acceptors (Lipinski definition) is 6. The summed E-state index contributed by atoms with van der Waals surface area (Å²) < 4.78 is 47.2. The minimum atomic E-state index is -3.76. The average molecular weight is 546 g/mol. The van der Waals surface area contributed by atoms with Gasteiger partial charge in [-0.05, 0) is 34.7 Å². The number of sulfonamides is 1. The van der Waals surface area contributed by atoms with Crippen molar-refractivity contribution in [2.24, 2.45) is 0 Å². The van der Waals surface area contributed by atoms with Crippen molar-refractivity contribution in [3.63, 3.8) is 0 Å². The number of carbonyl (C=O) groups excluding carboxylic acids is 1. The lowest BCUT2D eigenvalue weighted by molar-refractivity contribution is -0.132. The second-order valence-corrected chi connectivity index (χ2v) is 12.0. The van der Waals surface area contributed by atoms with Crippen LogP contribution >= 0.6 is 11.3 Å². The van der Waals surface area contributed by atoms with E-state index in [9.17, 15) is 17.6 Å². The summed E-state index contributed by atoms with van der Waals surface area (Å²) in [6, 6.07) is 18.9. The van der Waals surface area contributed by atoms with Crippen molar-refractivity contribution in [3.05, 3.63) is 93.9 Å². The lowest BCUT2D eigenvalue weighted by Crippen LogP contribution is -2.47. The summed E-state index contributed by atoms with van der Waals surface area (Å²) in [5.74, 6) is -0.815. The molecule has 1 aliphatic heterocycles. The molecule has 4 rings (SSSR count). The van der Waals surface area contributed by atoms with E-state index in [0.717, 1.165) is 23.5 Å². The highest BCUT2D eigenvalue weighted by Crippen LogP contribution is 2.17. The van der Waals surface area contributed by atoms with Crippen molar-refractivity contribution in [1.29, 1.82) is 0 Å². The van der Waals surface area contributed by atoms with E-state index in [4.69, 9.17) is 4.74 Å². The SMILES string of the molecule is O=C(CN(CCN1CCOCC1)S(=O)(=O)Cc1ccccc1)N(Cc1ccc(F)cc1)Cc1cccs1. The molecule has 37 heavy (non-hydrogen) atoms. The van der Waals surface area contributed by atoms with E-state index in [0.29, 0.717) is 31.9 Å². The van der Waals surface area contributed by atoms with Gasteiger partial charge in [0.2, 0.25) is 15.9 Å². The van der Waals surface area contributed by atoms with E-state index in [1.807, 2.05) is 23.6 Å². The molecule has 3 aromatic rings. The molecule has 2 aromatic carbocycles. The number of benzene rings is 2. The van der Waals surface area contributed by atoms with Gasteiger partial charge in [0, 0.05) is 37.6 Å². The van der Waals surface area contributed by atoms with Gasteiger partial charge in [0.15, 0.2) is 0 Å². The highest BCUT2D eigenvalue weighted by Gasteiger charge is 2.28. The molecule has 0 bridgehead atoms. The summed E-state index contributed by atoms with van der Waals surface area (Å²) in [6.07, 6.45) is 0. The molecule has 1 amide bonds. The molecule has 7 nitrogen and oxygen atoms in total. The van der Waals surface area contributed by atoms with Crippen LogP contribution in [-0.2, 0) is 38.4 Å². The second kappa shape index (κ2) is 13.3. The molecule has 2 heterocycles. The lowest BCUT2D eigenvalue weighted by Gasteiger charge is -2.31. The Morgan fingerprint density at radius 3 is 2.35 bits per heavy atom. The number of hydrogen-bond donors (Lipinski definition) is 0. The Morgan fingerprint density at radius 2 is 1.68 bits per heavy atom. The zero-order valence-corrected chi connectivity index (χ0v) is 22.3. The van der Waals surface area contributed by atoms with Crippen LogP contribution in [0, 0.1) is 5.82 Å². The minimum Gasteiger partial charge on any atom is -0.379 e. The summed E-state index contributed by atoms with van der Waals surface area (Å²) >= 11 is 1.53. The fourth-order valence-electron chi connectivity index (χ4n) is 4.15. The van der Waals surface area contributed by atoms with E-state index < -0.39 is 10.0 Å². The van der Waals surface area contributed by atoms with Crippen molar-refractivity contribution in [2.45, 2.75) is 18.8 Å². The monoisotopic (exact) mass is 545 g/mol. The van der Waals surface area contributed by atoms with Crippen LogP contribution in [0.15, 0.2) is 72.1 Å². The molecule has 198 valence electrons. The molecule has 0 unspecified atom stereocenters. The highest BCUT2D eigenvalue weighted by molar-refractivity contribution is 7.88. The topological polar surface area (TPSA) is 70.2 Å². The molecular formula is C27H32FN3O4S2. The van der Waals surface area contributed by atoms with Crippen molar-refractivity contribution in [3.8, 4) is 0 Å². The fourth-order valence-corrected chi connectivity index (χ4v) is 6.34. The molecular weight excluding hydrogens is 513 g/mol. The maximum atomic E-state index is 13.6. The van der Waals surface area contributed by atoms with Crippen LogP contribution in [-0.4, -0.2) is 74.4 Å². The van der Waals surface area contributed by atoms with Gasteiger partial charge in [0.25, 0.3) is 0 Å². The van der Waals surface area contributed by atoms with Crippen molar-refractivity contribution in [2.75, 3.05) is 45.9 Å². The third-order valence-corrected chi connectivity index (χ3v) is 8.89. The van der Waals surface area contributed by atoms with Crippen LogP contribution in [0.4, 0.5) is 4.39 Å². The molecule has 0 aliphatic carbocycles. The number of nitrogens with zero attached hydrogens (tertiary/aromatic N) is 3. The Bertz CT molecular complexity index is 1220. The maximum absolute atomic E-state index is 13.6. The highest BCUT2D eigenvalue weighted by atomic mass is 32.2. The molecule has 0 N–H and O–H groups in total. The van der Waals surface area contributed by atoms with E-state index in [-0.39, 0.29) is 37.1 Å². The number of morpholine rings is 1. The van der Waals surface area contributed by atoms with Gasteiger partial charge in [-0.15, -0.1) is 11.3 Å². The third kappa shape index (κ3) is 8.44. The van der Waals surface area contributed by atoms with Gasteiger partial charge in [-0.3, -0.25) is 9.69 Å². The largest absolute Gasteiger partial charge is 0.379 e. The second-order valence-electron chi connectivity index (χ2n) is 8.99. The van der Waals surface area contributed by atoms with Crippen LogP contribution in [0.5, 0.6) is 0 Å². The van der Waals surface area contributed by atoms with Gasteiger partial charge < -0.3 is 9.64 Å². The molecule has 1 fully saturated rings. The molecule has 1 aromatic heterocycles. The number of carbonyl (C=O) groups is 1. The number of ether oxygens (including phenoxy) is 1. The van der Waals surface area contributed by atoms with E-state index in [2.05, 4.69) is 4.90 Å². The minimum absolute atomic E-state index is 0.173. The first-order valence-corrected chi connectivity index (χ1v) is 14.7. The van der Waals surface area contributed by atoms with Gasteiger partial charge in [-0.1, -0.05) is 48.5 Å². The van der Waals surface area contributed by atoms with Crippen LogP contribution in [0.25, 0.3) is 0 Å². The van der Waals surface area contributed by atoms with Crippen LogP contribution < -0.4 is 0 Å². The first-order chi connectivity index (χ1) is 17.9. The Labute approximate surface area is 222 Å². The summed E-state index contributed by atoms with van der Waals surface area (Å²) in [5, 5.41) is 1.94. The standard InChI is InChI=1S/C27H32FN3O4S2/c28-25-10-8-23(9-11-25)19-30(20-26-7-4-18-36-26)27(32)21-31(13-12-29-14-16-35-17-15-29)37(33,34)22-24-5-2-1-3-6-24/h1-11,18H,12-17,19-22H2. The van der Waals surface area contributed by atoms with E-state index in [1.165, 1.54) is 27.8 Å². The van der Waals surface area contributed by atoms with Crippen molar-refractivity contribution >= 4 is 27.3 Å². The summed E-state index contributed by atoms with van der Waals surface area (Å²) in [6.45, 7) is 3.77. The molecule has 0 saturated carbocycles. The van der Waals surface area contributed by atoms with Gasteiger partial charge in [-0.2, -0.15) is 4.31 Å². The van der Waals surface area contributed by atoms with Crippen molar-refractivity contribution < 1.29 is 22.3 Å². The smallest absolute Gasteiger partial charge is 0.238 e. The number of rotatable bonds is 12. The molecule has 0 radical (unpaired) electrons. The van der Waals surface area contributed by atoms with Crippen LogP contribution in [0.1, 0.15) is 16.0 Å². The van der Waals surface area contributed by atoms with E-state index in [1.54, 1.807) is 41.3 Å². The first-order valence-electron chi connectivity index (χ1n) is 12.3. The molecule has 10 heteroatoms. The zero-order valence-electron chi connectivity index (χ0n) is 20.7. The third-order valence-electron chi connectivity index (χ3n) is 6.23. The van der Waals surface area contributed by atoms with E-state index >= 15 is 0 Å². The van der Waals surface area contributed by atoms with Gasteiger partial charge in [-0.25, -0.2) is 12.8 Å². The summed E-state index contributed by atoms with van der Waals surface area (Å²) in [7, 11) is -3.76. The number of thiophene rings is 1. The first kappa shape index (κ1) is 27.4. The predicted molar refractivity (Wildman–Crippen MR) is 143 cm³/mol. The maximum Gasteiger partial charge on any atom is 0.238 e. The normalized spacial score (nSPS) is 14.6. The van der Waals surface area contributed by atoms with Crippen molar-refractivity contribution in [1.82, 2.24) is 14.1 Å². The zero-order chi connectivity index (χ0) is 26.1. The summed E-state index contributed by atoms with van der Waals surface area (Å²) in [4.78, 5) is 18.4. The van der Waals surface area contributed by atoms with Crippen LogP contribution in [0.2, 0.25) is 0 Å². The Morgan fingerprint density at radius 1 is 0.946 bits per heavy atom. The molecule has 0 atom stereocenters. The molecule has 0 spiro atoms. The Hall–Kier alpha value is -2.63. The average Bonchev–Trinajstić information content (AvgIpc) is 3.41. The number of amides is 1. The van der Waals surface area contributed by atoms with Gasteiger partial charge in [0.05, 0.1) is 32.1 Å². The summed E-state index contributed by atoms with van der Waals surface area (Å²) in [5.41, 5.74) is 1.45. The molecule has 1 aliphatic rings. The molecule has 1 saturated heterocycles. The Kier molecular flexibility index (Phi) is 9.81. The number of halogens is 1. The Balaban J connectivity index is 1.52.